The third-order valence-corrected chi connectivity index (χ3v) is 7.71. The smallest absolute Gasteiger partial charge is 0.218 e. The summed E-state index contributed by atoms with van der Waals surface area (Å²) in [7, 11) is 0. The summed E-state index contributed by atoms with van der Waals surface area (Å²) in [6.07, 6.45) is 6.32. The quantitative estimate of drug-likeness (QED) is 0.422. The maximum absolute atomic E-state index is 13.7. The van der Waals surface area contributed by atoms with Gasteiger partial charge in [0.15, 0.2) is 0 Å². The number of carbonyl (C=O) groups excluding carboxylic acids is 1. The van der Waals surface area contributed by atoms with Crippen LogP contribution in [0.4, 0.5) is 8.78 Å². The van der Waals surface area contributed by atoms with Crippen LogP contribution >= 0.6 is 11.3 Å². The number of benzene rings is 1. The third kappa shape index (κ3) is 5.40. The predicted octanol–water partition coefficient (Wildman–Crippen LogP) is 3.93. The van der Waals surface area contributed by atoms with Gasteiger partial charge in [-0.3, -0.25) is 4.79 Å². The van der Waals surface area contributed by atoms with Crippen molar-refractivity contribution < 1.29 is 23.4 Å². The number of aliphatic hydroxyl groups is 1. The molecule has 0 saturated heterocycles. The molecule has 1 saturated carbocycles. The Morgan fingerprint density at radius 3 is 2.67 bits per heavy atom. The number of ether oxygens (including phenoxy) is 1. The molecule has 7 nitrogen and oxygen atoms in total. The van der Waals surface area contributed by atoms with Crippen LogP contribution in [-0.4, -0.2) is 45.3 Å². The number of rotatable bonds is 8. The van der Waals surface area contributed by atoms with E-state index in [4.69, 9.17) is 4.74 Å². The highest BCUT2D eigenvalue weighted by Gasteiger charge is 2.46. The number of halogens is 2. The van der Waals surface area contributed by atoms with Crippen molar-refractivity contribution in [2.24, 2.45) is 0 Å². The second-order valence-electron chi connectivity index (χ2n) is 9.62. The molecule has 1 aliphatic carbocycles. The molecule has 3 heterocycles. The average Bonchev–Trinajstić information content (AvgIpc) is 3.34. The molecule has 0 bridgehead atoms. The third-order valence-electron chi connectivity index (χ3n) is 6.89. The summed E-state index contributed by atoms with van der Waals surface area (Å²) in [5.41, 5.74) is 1.89. The lowest BCUT2D eigenvalue weighted by molar-refractivity contribution is -0.120. The first kappa shape index (κ1) is 24.7. The van der Waals surface area contributed by atoms with Crippen LogP contribution < -0.4 is 15.4 Å². The first-order chi connectivity index (χ1) is 17.3. The maximum Gasteiger partial charge on any atom is 0.218 e. The van der Waals surface area contributed by atoms with Gasteiger partial charge in [0.1, 0.15) is 22.2 Å². The van der Waals surface area contributed by atoms with Gasteiger partial charge in [0.2, 0.25) is 11.8 Å². The number of pyridine rings is 1. The van der Waals surface area contributed by atoms with Crippen LogP contribution in [0.5, 0.6) is 5.88 Å². The van der Waals surface area contributed by atoms with E-state index in [0.717, 1.165) is 47.9 Å². The lowest BCUT2D eigenvalue weighted by Gasteiger charge is -2.47. The Hall–Kier alpha value is -2.95. The number of hydrogen-bond acceptors (Lipinski definition) is 7. The Bertz CT molecular complexity index is 1220. The zero-order valence-electron chi connectivity index (χ0n) is 19.8. The molecule has 3 aromatic rings. The van der Waals surface area contributed by atoms with Crippen LogP contribution in [0.3, 0.4) is 0 Å². The molecule has 5 rings (SSSR count). The molecule has 190 valence electrons. The zero-order valence-corrected chi connectivity index (χ0v) is 20.7. The molecule has 1 aliphatic heterocycles. The summed E-state index contributed by atoms with van der Waals surface area (Å²) in [6, 6.07) is 4.38. The number of thiazole rings is 1. The minimum atomic E-state index is -1.00. The summed E-state index contributed by atoms with van der Waals surface area (Å²) in [5, 5.41) is 20.0. The molecule has 36 heavy (non-hydrogen) atoms. The minimum absolute atomic E-state index is 0.0845. The fourth-order valence-corrected chi connectivity index (χ4v) is 5.63. The number of aromatic nitrogens is 2. The van der Waals surface area contributed by atoms with Crippen molar-refractivity contribution in [3.05, 3.63) is 64.8 Å². The highest BCUT2D eigenvalue weighted by Crippen LogP contribution is 2.48. The SMILES string of the molecule is CC(=O)N[C@@H](Cc1cc(F)cc(F)c1)[C@H](O)CN[C@H]1CC2(CCC2)Oc2ncc(-c3nccs3)cc21. The maximum atomic E-state index is 13.7. The fraction of sp³-hybridized carbons (Fsp3) is 0.423. The molecule has 2 aromatic heterocycles. The van der Waals surface area contributed by atoms with Crippen molar-refractivity contribution in [3.63, 3.8) is 0 Å². The van der Waals surface area contributed by atoms with E-state index in [9.17, 15) is 18.7 Å². The standard InChI is InChI=1S/C26H28F2N4O3S/c1-15(33)32-21(9-16-7-18(27)11-19(28)8-16)23(34)14-30-22-12-26(3-2-4-26)35-24-20(22)10-17(13-31-24)25-29-5-6-36-25/h5-8,10-11,13,21-23,30,34H,2-4,9,12,14H2,1H3,(H,32,33)/t21-,22-,23+/m0/s1. The van der Waals surface area contributed by atoms with E-state index >= 15 is 0 Å². The first-order valence-corrected chi connectivity index (χ1v) is 12.9. The number of amides is 1. The van der Waals surface area contributed by atoms with Gasteiger partial charge in [-0.2, -0.15) is 0 Å². The van der Waals surface area contributed by atoms with Gasteiger partial charge in [-0.1, -0.05) is 0 Å². The van der Waals surface area contributed by atoms with Crippen molar-refractivity contribution in [2.45, 2.75) is 62.8 Å². The number of nitrogens with one attached hydrogen (secondary N) is 2. The van der Waals surface area contributed by atoms with Crippen molar-refractivity contribution in [1.82, 2.24) is 20.6 Å². The molecule has 3 N–H and O–H groups in total. The number of aliphatic hydroxyl groups excluding tert-OH is 1. The van der Waals surface area contributed by atoms with Crippen LogP contribution in [0, 0.1) is 11.6 Å². The van der Waals surface area contributed by atoms with Crippen LogP contribution in [0.25, 0.3) is 10.6 Å². The Balaban J connectivity index is 1.34. The van der Waals surface area contributed by atoms with E-state index in [1.807, 2.05) is 11.4 Å². The lowest BCUT2D eigenvalue weighted by atomic mass is 9.73. The Kier molecular flexibility index (Phi) is 7.00. The van der Waals surface area contributed by atoms with E-state index in [2.05, 4.69) is 20.6 Å². The summed E-state index contributed by atoms with van der Waals surface area (Å²) in [4.78, 5) is 20.8. The summed E-state index contributed by atoms with van der Waals surface area (Å²) in [5.74, 6) is -1.15. The molecule has 2 aliphatic rings. The number of nitrogens with zero attached hydrogens (tertiary/aromatic N) is 2. The first-order valence-electron chi connectivity index (χ1n) is 12.0. The van der Waals surface area contributed by atoms with Gasteiger partial charge in [-0.05, 0) is 49.4 Å². The van der Waals surface area contributed by atoms with E-state index in [-0.39, 0.29) is 30.5 Å². The monoisotopic (exact) mass is 514 g/mol. The molecule has 1 aromatic carbocycles. The number of carbonyl (C=O) groups is 1. The van der Waals surface area contributed by atoms with E-state index in [1.165, 1.54) is 30.4 Å². The topological polar surface area (TPSA) is 96.4 Å². The van der Waals surface area contributed by atoms with Crippen LogP contribution in [-0.2, 0) is 11.2 Å². The molecule has 1 spiro atoms. The number of fused-ring (bicyclic) bond motifs is 1. The van der Waals surface area contributed by atoms with E-state index in [0.29, 0.717) is 11.4 Å². The molecule has 0 unspecified atom stereocenters. The van der Waals surface area contributed by atoms with Crippen molar-refractivity contribution in [1.29, 1.82) is 0 Å². The van der Waals surface area contributed by atoms with Gasteiger partial charge in [0.25, 0.3) is 0 Å². The highest BCUT2D eigenvalue weighted by molar-refractivity contribution is 7.13. The molecular formula is C26H28F2N4O3S. The van der Waals surface area contributed by atoms with Crippen LogP contribution in [0.1, 0.15) is 49.8 Å². The fourth-order valence-electron chi connectivity index (χ4n) is 5.01. The van der Waals surface area contributed by atoms with Gasteiger partial charge < -0.3 is 20.5 Å². The van der Waals surface area contributed by atoms with Crippen molar-refractivity contribution >= 4 is 17.2 Å². The summed E-state index contributed by atoms with van der Waals surface area (Å²) >= 11 is 1.53. The summed E-state index contributed by atoms with van der Waals surface area (Å²) in [6.45, 7) is 1.50. The predicted molar refractivity (Wildman–Crippen MR) is 132 cm³/mol. The Morgan fingerprint density at radius 2 is 2.03 bits per heavy atom. The van der Waals surface area contributed by atoms with Crippen LogP contribution in [0.2, 0.25) is 0 Å². The number of hydrogen-bond donors (Lipinski definition) is 3. The van der Waals surface area contributed by atoms with Gasteiger partial charge >= 0.3 is 0 Å². The summed E-state index contributed by atoms with van der Waals surface area (Å²) < 4.78 is 33.7. The van der Waals surface area contributed by atoms with Gasteiger partial charge in [-0.25, -0.2) is 18.7 Å². The van der Waals surface area contributed by atoms with Gasteiger partial charge in [0.05, 0.1) is 12.1 Å². The van der Waals surface area contributed by atoms with Crippen LogP contribution in [0.15, 0.2) is 42.0 Å². The Morgan fingerprint density at radius 1 is 1.25 bits per heavy atom. The average molecular weight is 515 g/mol. The van der Waals surface area contributed by atoms with Crippen molar-refractivity contribution in [2.75, 3.05) is 6.54 Å². The van der Waals surface area contributed by atoms with Gasteiger partial charge in [0, 0.05) is 60.9 Å². The highest BCUT2D eigenvalue weighted by atomic mass is 32.1. The molecule has 1 fully saturated rings. The molecule has 0 radical (unpaired) electrons. The normalized spacial score (nSPS) is 19.6. The second-order valence-corrected chi connectivity index (χ2v) is 10.5. The largest absolute Gasteiger partial charge is 0.471 e. The zero-order chi connectivity index (χ0) is 25.3. The lowest BCUT2D eigenvalue weighted by Crippen LogP contribution is -2.52. The molecule has 10 heteroatoms. The van der Waals surface area contributed by atoms with Crippen molar-refractivity contribution in [3.8, 4) is 16.5 Å². The van der Waals surface area contributed by atoms with E-state index in [1.54, 1.807) is 12.4 Å². The second kappa shape index (κ2) is 10.2. The molecular weight excluding hydrogens is 486 g/mol. The minimum Gasteiger partial charge on any atom is -0.471 e. The Labute approximate surface area is 211 Å². The van der Waals surface area contributed by atoms with E-state index < -0.39 is 23.8 Å². The van der Waals surface area contributed by atoms with Gasteiger partial charge in [-0.15, -0.1) is 11.3 Å². The molecule has 1 amide bonds. The molecule has 3 atom stereocenters.